The number of ether oxygens (including phenoxy) is 4. The third-order valence-corrected chi connectivity index (χ3v) is 3.68. The van der Waals surface area contributed by atoms with Gasteiger partial charge in [0.15, 0.2) is 17.6 Å². The first-order valence-corrected chi connectivity index (χ1v) is 7.65. The van der Waals surface area contributed by atoms with Crippen LogP contribution in [0.15, 0.2) is 36.4 Å². The van der Waals surface area contributed by atoms with Gasteiger partial charge in [-0.05, 0) is 37.3 Å². The van der Waals surface area contributed by atoms with Gasteiger partial charge in [-0.15, -0.1) is 0 Å². The van der Waals surface area contributed by atoms with Gasteiger partial charge in [0.25, 0.3) is 5.91 Å². The van der Waals surface area contributed by atoms with E-state index in [1.807, 2.05) is 0 Å². The first kappa shape index (κ1) is 16.3. The fourth-order valence-corrected chi connectivity index (χ4v) is 2.39. The molecule has 1 aliphatic rings. The zero-order valence-corrected chi connectivity index (χ0v) is 13.9. The zero-order valence-electron chi connectivity index (χ0n) is 13.2. The van der Waals surface area contributed by atoms with Crippen LogP contribution < -0.4 is 24.3 Å². The summed E-state index contributed by atoms with van der Waals surface area (Å²) in [5, 5.41) is 3.24. The SMILES string of the molecule is COc1ccc(Cl)cc1NC(=O)C(C)Oc1ccc2c(c1)OCO2. The van der Waals surface area contributed by atoms with E-state index in [4.69, 9.17) is 30.5 Å². The molecular formula is C17H16ClNO5. The Hall–Kier alpha value is -2.60. The molecule has 24 heavy (non-hydrogen) atoms. The molecular weight excluding hydrogens is 334 g/mol. The van der Waals surface area contributed by atoms with Gasteiger partial charge in [-0.1, -0.05) is 11.6 Å². The van der Waals surface area contributed by atoms with E-state index in [0.717, 1.165) is 0 Å². The molecule has 1 aliphatic heterocycles. The Kier molecular flexibility index (Phi) is 4.66. The predicted molar refractivity (Wildman–Crippen MR) is 89.3 cm³/mol. The molecule has 7 heteroatoms. The summed E-state index contributed by atoms with van der Waals surface area (Å²) in [6.07, 6.45) is -0.728. The Bertz CT molecular complexity index is 765. The zero-order chi connectivity index (χ0) is 17.1. The number of fused-ring (bicyclic) bond motifs is 1. The summed E-state index contributed by atoms with van der Waals surface area (Å²) in [7, 11) is 1.52. The standard InChI is InChI=1S/C17H16ClNO5/c1-10(24-12-4-6-15-16(8-12)23-9-22-15)17(20)19-13-7-11(18)3-5-14(13)21-2/h3-8,10H,9H2,1-2H3,(H,19,20). The van der Waals surface area contributed by atoms with E-state index in [9.17, 15) is 4.79 Å². The number of methoxy groups -OCH3 is 1. The number of hydrogen-bond acceptors (Lipinski definition) is 5. The van der Waals surface area contributed by atoms with Crippen LogP contribution in [0, 0.1) is 0 Å². The highest BCUT2D eigenvalue weighted by molar-refractivity contribution is 6.31. The highest BCUT2D eigenvalue weighted by atomic mass is 35.5. The molecule has 6 nitrogen and oxygen atoms in total. The lowest BCUT2D eigenvalue weighted by atomic mass is 10.2. The lowest BCUT2D eigenvalue weighted by molar-refractivity contribution is -0.122. The molecule has 1 unspecified atom stereocenters. The third kappa shape index (κ3) is 3.49. The molecule has 1 atom stereocenters. The van der Waals surface area contributed by atoms with Gasteiger partial charge >= 0.3 is 0 Å². The average Bonchev–Trinajstić information content (AvgIpc) is 3.02. The summed E-state index contributed by atoms with van der Waals surface area (Å²) in [6, 6.07) is 10.1. The molecule has 126 valence electrons. The molecule has 0 spiro atoms. The Labute approximate surface area is 144 Å². The quantitative estimate of drug-likeness (QED) is 0.895. The number of hydrogen-bond donors (Lipinski definition) is 1. The second-order valence-electron chi connectivity index (χ2n) is 5.11. The van der Waals surface area contributed by atoms with Crippen LogP contribution in [-0.2, 0) is 4.79 Å². The van der Waals surface area contributed by atoms with E-state index >= 15 is 0 Å². The Morgan fingerprint density at radius 3 is 2.79 bits per heavy atom. The Balaban J connectivity index is 1.68. The highest BCUT2D eigenvalue weighted by Gasteiger charge is 2.19. The lowest BCUT2D eigenvalue weighted by Crippen LogP contribution is -2.30. The summed E-state index contributed by atoms with van der Waals surface area (Å²) < 4.78 is 21.4. The normalized spacial score (nSPS) is 13.3. The minimum Gasteiger partial charge on any atom is -0.495 e. The minimum atomic E-state index is -0.728. The molecule has 3 rings (SSSR count). The molecule has 0 saturated heterocycles. The maximum Gasteiger partial charge on any atom is 0.265 e. The average molecular weight is 350 g/mol. The van der Waals surface area contributed by atoms with Crippen molar-refractivity contribution in [2.45, 2.75) is 13.0 Å². The molecule has 1 heterocycles. The van der Waals surface area contributed by atoms with Crippen LogP contribution in [0.4, 0.5) is 5.69 Å². The number of amides is 1. The van der Waals surface area contributed by atoms with E-state index in [1.54, 1.807) is 43.3 Å². The molecule has 1 amide bonds. The van der Waals surface area contributed by atoms with Crippen molar-refractivity contribution in [2.75, 3.05) is 19.2 Å². The minimum absolute atomic E-state index is 0.184. The summed E-state index contributed by atoms with van der Waals surface area (Å²) in [4.78, 5) is 12.3. The van der Waals surface area contributed by atoms with Gasteiger partial charge in [0.05, 0.1) is 12.8 Å². The van der Waals surface area contributed by atoms with Gasteiger partial charge in [-0.3, -0.25) is 4.79 Å². The van der Waals surface area contributed by atoms with Gasteiger partial charge in [0, 0.05) is 11.1 Å². The van der Waals surface area contributed by atoms with E-state index < -0.39 is 6.10 Å². The molecule has 1 N–H and O–H groups in total. The van der Waals surface area contributed by atoms with Crippen molar-refractivity contribution in [1.29, 1.82) is 0 Å². The van der Waals surface area contributed by atoms with Gasteiger partial charge in [0.1, 0.15) is 11.5 Å². The smallest absolute Gasteiger partial charge is 0.265 e. The first-order chi connectivity index (χ1) is 11.6. The number of carbonyl (C=O) groups excluding carboxylic acids is 1. The van der Waals surface area contributed by atoms with Gasteiger partial charge in [-0.2, -0.15) is 0 Å². The molecule has 0 saturated carbocycles. The number of benzene rings is 2. The predicted octanol–water partition coefficient (Wildman–Crippen LogP) is 3.48. The Morgan fingerprint density at radius 2 is 2.00 bits per heavy atom. The number of anilines is 1. The summed E-state index contributed by atoms with van der Waals surface area (Å²) in [5.41, 5.74) is 0.483. The van der Waals surface area contributed by atoms with Crippen molar-refractivity contribution in [3.63, 3.8) is 0 Å². The second kappa shape index (κ2) is 6.88. The lowest BCUT2D eigenvalue weighted by Gasteiger charge is -2.16. The summed E-state index contributed by atoms with van der Waals surface area (Å²) >= 11 is 5.96. The fourth-order valence-electron chi connectivity index (χ4n) is 2.22. The van der Waals surface area contributed by atoms with Gasteiger partial charge in [0.2, 0.25) is 6.79 Å². The van der Waals surface area contributed by atoms with Crippen LogP contribution >= 0.6 is 11.6 Å². The fraction of sp³-hybridized carbons (Fsp3) is 0.235. The van der Waals surface area contributed by atoms with Gasteiger partial charge < -0.3 is 24.3 Å². The monoisotopic (exact) mass is 349 g/mol. The molecule has 0 aliphatic carbocycles. The van der Waals surface area contributed by atoms with Crippen LogP contribution in [0.1, 0.15) is 6.92 Å². The van der Waals surface area contributed by atoms with Crippen molar-refractivity contribution in [3.8, 4) is 23.0 Å². The molecule has 2 aromatic rings. The van der Waals surface area contributed by atoms with Crippen LogP contribution in [-0.4, -0.2) is 25.9 Å². The largest absolute Gasteiger partial charge is 0.495 e. The molecule has 0 aromatic heterocycles. The van der Waals surface area contributed by atoms with Gasteiger partial charge in [-0.25, -0.2) is 0 Å². The first-order valence-electron chi connectivity index (χ1n) is 7.27. The summed E-state index contributed by atoms with van der Waals surface area (Å²) in [6.45, 7) is 1.83. The van der Waals surface area contributed by atoms with Crippen LogP contribution in [0.25, 0.3) is 0 Å². The second-order valence-corrected chi connectivity index (χ2v) is 5.55. The van der Waals surface area contributed by atoms with Crippen molar-refractivity contribution >= 4 is 23.2 Å². The molecule has 0 fully saturated rings. The summed E-state index contributed by atoms with van der Waals surface area (Å²) in [5.74, 6) is 1.95. The van der Waals surface area contributed by atoms with E-state index in [0.29, 0.717) is 33.7 Å². The Morgan fingerprint density at radius 1 is 1.21 bits per heavy atom. The number of halogens is 1. The van der Waals surface area contributed by atoms with Crippen LogP contribution in [0.5, 0.6) is 23.0 Å². The van der Waals surface area contributed by atoms with E-state index in [2.05, 4.69) is 5.32 Å². The van der Waals surface area contributed by atoms with E-state index in [1.165, 1.54) is 7.11 Å². The molecule has 2 aromatic carbocycles. The van der Waals surface area contributed by atoms with Crippen LogP contribution in [0.2, 0.25) is 5.02 Å². The topological polar surface area (TPSA) is 66.0 Å². The maximum absolute atomic E-state index is 12.3. The third-order valence-electron chi connectivity index (χ3n) is 3.45. The highest BCUT2D eigenvalue weighted by Crippen LogP contribution is 2.35. The molecule has 0 bridgehead atoms. The van der Waals surface area contributed by atoms with Crippen LogP contribution in [0.3, 0.4) is 0 Å². The maximum atomic E-state index is 12.3. The van der Waals surface area contributed by atoms with Crippen molar-refractivity contribution < 1.29 is 23.7 Å². The van der Waals surface area contributed by atoms with E-state index in [-0.39, 0.29) is 12.7 Å². The van der Waals surface area contributed by atoms with Crippen molar-refractivity contribution in [1.82, 2.24) is 0 Å². The number of rotatable bonds is 5. The number of carbonyl (C=O) groups is 1. The number of nitrogens with one attached hydrogen (secondary N) is 1. The van der Waals surface area contributed by atoms with Crippen molar-refractivity contribution in [2.24, 2.45) is 0 Å². The van der Waals surface area contributed by atoms with Crippen molar-refractivity contribution in [3.05, 3.63) is 41.4 Å². The molecule has 0 radical (unpaired) electrons.